The largest absolute Gasteiger partial charge is 0.316 e. The molecule has 102 valence electrons. The van der Waals surface area contributed by atoms with E-state index in [1.165, 1.54) is 6.07 Å². The van der Waals surface area contributed by atoms with Gasteiger partial charge in [0.05, 0.1) is 5.75 Å². The van der Waals surface area contributed by atoms with Crippen LogP contribution in [0.25, 0.3) is 0 Å². The van der Waals surface area contributed by atoms with E-state index in [0.717, 1.165) is 6.54 Å². The van der Waals surface area contributed by atoms with Gasteiger partial charge < -0.3 is 5.32 Å². The molecule has 0 aliphatic heterocycles. The van der Waals surface area contributed by atoms with E-state index in [9.17, 15) is 12.8 Å². The summed E-state index contributed by atoms with van der Waals surface area (Å²) in [5, 5.41) is 2.94. The highest BCUT2D eigenvalue weighted by molar-refractivity contribution is 7.89. The van der Waals surface area contributed by atoms with E-state index in [1.54, 1.807) is 18.2 Å². The van der Waals surface area contributed by atoms with Gasteiger partial charge in [0.1, 0.15) is 5.82 Å². The Bertz CT molecular complexity index is 463. The van der Waals surface area contributed by atoms with Gasteiger partial charge in [-0.15, -0.1) is 0 Å². The molecule has 0 saturated heterocycles. The van der Waals surface area contributed by atoms with Crippen molar-refractivity contribution in [3.8, 4) is 0 Å². The van der Waals surface area contributed by atoms with Gasteiger partial charge in [-0.25, -0.2) is 17.5 Å². The Morgan fingerprint density at radius 2 is 1.94 bits per heavy atom. The van der Waals surface area contributed by atoms with Gasteiger partial charge in [0, 0.05) is 13.1 Å². The van der Waals surface area contributed by atoms with Crippen molar-refractivity contribution in [2.75, 3.05) is 25.4 Å². The molecule has 0 saturated carbocycles. The molecular formula is C12H19FN2O2S. The third-order valence-corrected chi connectivity index (χ3v) is 3.86. The molecule has 0 heterocycles. The Morgan fingerprint density at radius 3 is 2.61 bits per heavy atom. The second-order valence-electron chi connectivity index (χ2n) is 3.91. The highest BCUT2D eigenvalue weighted by Gasteiger charge is 2.09. The Labute approximate surface area is 108 Å². The van der Waals surface area contributed by atoms with E-state index in [4.69, 9.17) is 0 Å². The second kappa shape index (κ2) is 7.45. The maximum atomic E-state index is 13.3. The maximum Gasteiger partial charge on any atom is 0.212 e. The molecule has 0 aliphatic rings. The van der Waals surface area contributed by atoms with E-state index in [-0.39, 0.29) is 18.1 Å². The number of sulfonamides is 1. The van der Waals surface area contributed by atoms with E-state index < -0.39 is 10.0 Å². The molecule has 0 fully saturated rings. The standard InChI is InChI=1S/C12H19FN2O2S/c1-2-14-9-10-18(16,17)15-8-7-11-5-3-4-6-12(11)13/h3-6,14-15H,2,7-10H2,1H3. The second-order valence-corrected chi connectivity index (χ2v) is 5.83. The van der Waals surface area contributed by atoms with Crippen molar-refractivity contribution < 1.29 is 12.8 Å². The number of nitrogens with one attached hydrogen (secondary N) is 2. The fraction of sp³-hybridized carbons (Fsp3) is 0.500. The third-order valence-electron chi connectivity index (χ3n) is 2.47. The van der Waals surface area contributed by atoms with E-state index >= 15 is 0 Å². The molecular weight excluding hydrogens is 255 g/mol. The minimum absolute atomic E-state index is 0.0398. The number of hydrogen-bond donors (Lipinski definition) is 2. The zero-order chi connectivity index (χ0) is 13.4. The summed E-state index contributed by atoms with van der Waals surface area (Å²) in [5.74, 6) is -0.262. The lowest BCUT2D eigenvalue weighted by Crippen LogP contribution is -2.33. The van der Waals surface area contributed by atoms with Gasteiger partial charge >= 0.3 is 0 Å². The summed E-state index contributed by atoms with van der Waals surface area (Å²) in [5.41, 5.74) is 0.520. The zero-order valence-corrected chi connectivity index (χ0v) is 11.3. The smallest absolute Gasteiger partial charge is 0.212 e. The molecule has 0 bridgehead atoms. The molecule has 1 aromatic rings. The van der Waals surface area contributed by atoms with Crippen molar-refractivity contribution >= 4 is 10.0 Å². The van der Waals surface area contributed by atoms with Gasteiger partial charge in [-0.1, -0.05) is 25.1 Å². The van der Waals surface area contributed by atoms with Crippen molar-refractivity contribution in [2.45, 2.75) is 13.3 Å². The Kier molecular flexibility index (Phi) is 6.24. The van der Waals surface area contributed by atoms with Crippen molar-refractivity contribution in [3.63, 3.8) is 0 Å². The van der Waals surface area contributed by atoms with Crippen molar-refractivity contribution in [3.05, 3.63) is 35.6 Å². The number of hydrogen-bond acceptors (Lipinski definition) is 3. The van der Waals surface area contributed by atoms with Crippen LogP contribution in [-0.4, -0.2) is 33.8 Å². The summed E-state index contributed by atoms with van der Waals surface area (Å²) in [7, 11) is -3.27. The minimum atomic E-state index is -3.27. The predicted molar refractivity (Wildman–Crippen MR) is 70.4 cm³/mol. The van der Waals surface area contributed by atoms with Crippen LogP contribution in [0.15, 0.2) is 24.3 Å². The molecule has 0 radical (unpaired) electrons. The summed E-state index contributed by atoms with van der Waals surface area (Å²) < 4.78 is 38.8. The molecule has 0 unspecified atom stereocenters. The summed E-state index contributed by atoms with van der Waals surface area (Å²) in [6.45, 7) is 3.30. The van der Waals surface area contributed by atoms with Crippen LogP contribution < -0.4 is 10.0 Å². The molecule has 1 aromatic carbocycles. The van der Waals surface area contributed by atoms with Crippen LogP contribution in [0.1, 0.15) is 12.5 Å². The average Bonchev–Trinajstić information content (AvgIpc) is 2.32. The van der Waals surface area contributed by atoms with Crippen LogP contribution in [-0.2, 0) is 16.4 Å². The molecule has 0 aromatic heterocycles. The number of rotatable bonds is 8. The zero-order valence-electron chi connectivity index (χ0n) is 10.4. The molecule has 0 spiro atoms. The first-order valence-electron chi connectivity index (χ1n) is 5.96. The van der Waals surface area contributed by atoms with E-state index in [1.807, 2.05) is 6.92 Å². The first-order chi connectivity index (χ1) is 8.55. The molecule has 2 N–H and O–H groups in total. The lowest BCUT2D eigenvalue weighted by molar-refractivity contribution is 0.574. The third kappa shape index (κ3) is 5.57. The van der Waals surface area contributed by atoms with Crippen LogP contribution >= 0.6 is 0 Å². The first-order valence-corrected chi connectivity index (χ1v) is 7.62. The SMILES string of the molecule is CCNCCS(=O)(=O)NCCc1ccccc1F. The van der Waals surface area contributed by atoms with Gasteiger partial charge in [0.2, 0.25) is 10.0 Å². The molecule has 6 heteroatoms. The van der Waals surface area contributed by atoms with Crippen LogP contribution in [0.2, 0.25) is 0 Å². The van der Waals surface area contributed by atoms with Crippen molar-refractivity contribution in [2.24, 2.45) is 0 Å². The topological polar surface area (TPSA) is 58.2 Å². The monoisotopic (exact) mass is 274 g/mol. The Morgan fingerprint density at radius 1 is 1.22 bits per heavy atom. The Hall–Kier alpha value is -0.980. The van der Waals surface area contributed by atoms with Crippen LogP contribution in [0.3, 0.4) is 0 Å². The molecule has 0 amide bonds. The summed E-state index contributed by atoms with van der Waals surface area (Å²) in [6, 6.07) is 6.37. The van der Waals surface area contributed by atoms with E-state index in [2.05, 4.69) is 10.0 Å². The molecule has 1 rings (SSSR count). The minimum Gasteiger partial charge on any atom is -0.316 e. The molecule has 0 atom stereocenters. The fourth-order valence-electron chi connectivity index (χ4n) is 1.50. The van der Waals surface area contributed by atoms with Crippen molar-refractivity contribution in [1.29, 1.82) is 0 Å². The summed E-state index contributed by atoms with van der Waals surface area (Å²) in [6.07, 6.45) is 0.354. The van der Waals surface area contributed by atoms with Crippen LogP contribution in [0.4, 0.5) is 4.39 Å². The summed E-state index contributed by atoms with van der Waals surface area (Å²) >= 11 is 0. The maximum absolute atomic E-state index is 13.3. The summed E-state index contributed by atoms with van der Waals surface area (Å²) in [4.78, 5) is 0. The normalized spacial score (nSPS) is 11.7. The van der Waals surface area contributed by atoms with Gasteiger partial charge in [-0.05, 0) is 24.6 Å². The average molecular weight is 274 g/mol. The Balaban J connectivity index is 2.35. The van der Waals surface area contributed by atoms with E-state index in [0.29, 0.717) is 18.5 Å². The number of benzene rings is 1. The van der Waals surface area contributed by atoms with Crippen molar-refractivity contribution in [1.82, 2.24) is 10.0 Å². The molecule has 18 heavy (non-hydrogen) atoms. The van der Waals surface area contributed by atoms with Gasteiger partial charge in [-0.3, -0.25) is 0 Å². The molecule has 4 nitrogen and oxygen atoms in total. The van der Waals surface area contributed by atoms with Crippen LogP contribution in [0.5, 0.6) is 0 Å². The highest BCUT2D eigenvalue weighted by atomic mass is 32.2. The quantitative estimate of drug-likeness (QED) is 0.692. The van der Waals surface area contributed by atoms with Gasteiger partial charge in [0.25, 0.3) is 0 Å². The number of halogens is 1. The highest BCUT2D eigenvalue weighted by Crippen LogP contribution is 2.06. The fourth-order valence-corrected chi connectivity index (χ4v) is 2.47. The van der Waals surface area contributed by atoms with Crippen LogP contribution in [0, 0.1) is 5.82 Å². The first kappa shape index (κ1) is 15.1. The lowest BCUT2D eigenvalue weighted by Gasteiger charge is -2.07. The lowest BCUT2D eigenvalue weighted by atomic mass is 10.1. The molecule has 0 aliphatic carbocycles. The predicted octanol–water partition coefficient (Wildman–Crippen LogP) is 0.897. The van der Waals surface area contributed by atoms with Gasteiger partial charge in [-0.2, -0.15) is 0 Å². The van der Waals surface area contributed by atoms with Gasteiger partial charge in [0.15, 0.2) is 0 Å².